The van der Waals surface area contributed by atoms with Crippen molar-refractivity contribution in [1.82, 2.24) is 19.1 Å². The molecule has 0 amide bonds. The third kappa shape index (κ3) is 2.72. The van der Waals surface area contributed by atoms with Crippen LogP contribution in [-0.4, -0.2) is 43.9 Å². The van der Waals surface area contributed by atoms with Crippen LogP contribution in [-0.2, 0) is 29.0 Å². The molecule has 2 heterocycles. The molecule has 0 bridgehead atoms. The molecule has 0 saturated carbocycles. The Kier molecular flexibility index (Phi) is 4.22. The number of H-pyrrole nitrogens is 1. The third-order valence-corrected chi connectivity index (χ3v) is 3.11. The highest BCUT2D eigenvalue weighted by Crippen LogP contribution is 2.12. The minimum absolute atomic E-state index is 0.180. The van der Waals surface area contributed by atoms with E-state index >= 15 is 0 Å². The fourth-order valence-corrected chi connectivity index (χ4v) is 2.22. The van der Waals surface area contributed by atoms with Crippen LogP contribution >= 0.6 is 0 Å². The molecule has 0 fully saturated rings. The maximum Gasteiger partial charge on any atom is 0.330 e. The molecular formula is C12H16N4O5. The molecule has 0 aliphatic rings. The van der Waals surface area contributed by atoms with E-state index in [0.717, 1.165) is 0 Å². The number of hydrogen-bond acceptors (Lipinski definition) is 5. The van der Waals surface area contributed by atoms with E-state index in [-0.39, 0.29) is 36.6 Å². The smallest absolute Gasteiger partial charge is 0.330 e. The van der Waals surface area contributed by atoms with Crippen molar-refractivity contribution in [1.29, 1.82) is 0 Å². The number of aromatic nitrogens is 4. The van der Waals surface area contributed by atoms with Gasteiger partial charge >= 0.3 is 11.7 Å². The topological polar surface area (TPSA) is 119 Å². The fraction of sp³-hybridized carbons (Fsp3) is 0.500. The lowest BCUT2D eigenvalue weighted by Crippen LogP contribution is -2.32. The molecule has 0 atom stereocenters. The van der Waals surface area contributed by atoms with Crippen molar-refractivity contribution < 1.29 is 14.6 Å². The number of methoxy groups -OCH3 is 1. The molecule has 2 rings (SSSR count). The Balaban J connectivity index is 2.75. The summed E-state index contributed by atoms with van der Waals surface area (Å²) in [6, 6.07) is 0. The second-order valence-corrected chi connectivity index (χ2v) is 4.42. The molecule has 9 nitrogen and oxygen atoms in total. The average Bonchev–Trinajstić information content (AvgIpc) is 2.76. The lowest BCUT2D eigenvalue weighted by Gasteiger charge is -2.06. The summed E-state index contributed by atoms with van der Waals surface area (Å²) in [7, 11) is 1.49. The van der Waals surface area contributed by atoms with Crippen LogP contribution in [0, 0.1) is 0 Å². The van der Waals surface area contributed by atoms with Crippen molar-refractivity contribution in [2.24, 2.45) is 0 Å². The highest BCUT2D eigenvalue weighted by Gasteiger charge is 2.18. The molecule has 9 heteroatoms. The molecule has 0 aliphatic carbocycles. The van der Waals surface area contributed by atoms with Gasteiger partial charge < -0.3 is 14.4 Å². The summed E-state index contributed by atoms with van der Waals surface area (Å²) in [5, 5.41) is 8.92. The van der Waals surface area contributed by atoms with E-state index in [9.17, 15) is 14.4 Å². The normalized spacial score (nSPS) is 11.1. The van der Waals surface area contributed by atoms with E-state index < -0.39 is 17.2 Å². The maximum atomic E-state index is 12.0. The molecule has 0 aliphatic heterocycles. The van der Waals surface area contributed by atoms with Crippen LogP contribution in [0.15, 0.2) is 9.59 Å². The molecule has 2 aromatic rings. The number of aryl methyl sites for hydroxylation is 1. The first-order valence-electron chi connectivity index (χ1n) is 6.42. The van der Waals surface area contributed by atoms with Crippen molar-refractivity contribution >= 4 is 17.1 Å². The summed E-state index contributed by atoms with van der Waals surface area (Å²) < 4.78 is 7.71. The van der Waals surface area contributed by atoms with Crippen molar-refractivity contribution in [3.63, 3.8) is 0 Å². The summed E-state index contributed by atoms with van der Waals surface area (Å²) in [6.07, 6.45) is -0.319. The molecule has 0 radical (unpaired) electrons. The number of ether oxygens (including phenoxy) is 1. The van der Waals surface area contributed by atoms with E-state index in [1.54, 1.807) is 6.92 Å². The number of nitrogens with one attached hydrogen (secondary N) is 1. The number of carbonyl (C=O) groups is 1. The lowest BCUT2D eigenvalue weighted by atomic mass is 10.4. The van der Waals surface area contributed by atoms with Crippen LogP contribution in [0.2, 0.25) is 0 Å². The maximum absolute atomic E-state index is 12.0. The highest BCUT2D eigenvalue weighted by molar-refractivity contribution is 5.74. The Morgan fingerprint density at radius 1 is 1.38 bits per heavy atom. The van der Waals surface area contributed by atoms with Crippen LogP contribution in [0.3, 0.4) is 0 Å². The Bertz CT molecular complexity index is 785. The van der Waals surface area contributed by atoms with Gasteiger partial charge in [0.2, 0.25) is 0 Å². The second kappa shape index (κ2) is 5.92. The number of hydrogen-bond donors (Lipinski definition) is 2. The molecule has 0 aromatic carbocycles. The fourth-order valence-electron chi connectivity index (χ4n) is 2.22. The zero-order chi connectivity index (χ0) is 15.6. The van der Waals surface area contributed by atoms with E-state index in [4.69, 9.17) is 9.84 Å². The Morgan fingerprint density at radius 2 is 2.10 bits per heavy atom. The number of fused-ring (bicyclic) bond motifs is 1. The van der Waals surface area contributed by atoms with Gasteiger partial charge in [-0.3, -0.25) is 19.1 Å². The first-order valence-corrected chi connectivity index (χ1v) is 6.42. The van der Waals surface area contributed by atoms with E-state index in [2.05, 4.69) is 9.97 Å². The highest BCUT2D eigenvalue weighted by atomic mass is 16.5. The summed E-state index contributed by atoms with van der Waals surface area (Å²) >= 11 is 0. The largest absolute Gasteiger partial charge is 0.481 e. The zero-order valence-electron chi connectivity index (χ0n) is 11.8. The molecule has 0 spiro atoms. The van der Waals surface area contributed by atoms with E-state index in [1.165, 1.54) is 16.2 Å². The quantitative estimate of drug-likeness (QED) is 0.718. The second-order valence-electron chi connectivity index (χ2n) is 4.42. The summed E-state index contributed by atoms with van der Waals surface area (Å²) in [6.45, 7) is 2.64. The predicted molar refractivity (Wildman–Crippen MR) is 73.5 cm³/mol. The molecule has 0 saturated heterocycles. The minimum atomic E-state index is -1.05. The van der Waals surface area contributed by atoms with Gasteiger partial charge in [-0.2, -0.15) is 0 Å². The molecule has 114 valence electrons. The molecule has 2 aromatic heterocycles. The number of carboxylic acid groups (broad SMARTS) is 1. The summed E-state index contributed by atoms with van der Waals surface area (Å²) in [5.74, 6) is -0.815. The number of imidazole rings is 1. The molecule has 21 heavy (non-hydrogen) atoms. The molecule has 0 unspecified atom stereocenters. The van der Waals surface area contributed by atoms with Crippen LogP contribution < -0.4 is 11.2 Å². The lowest BCUT2D eigenvalue weighted by molar-refractivity contribution is -0.136. The molecule has 2 N–H and O–H groups in total. The van der Waals surface area contributed by atoms with E-state index in [1.807, 2.05) is 0 Å². The van der Waals surface area contributed by atoms with Gasteiger partial charge in [0.1, 0.15) is 12.2 Å². The zero-order valence-corrected chi connectivity index (χ0v) is 11.8. The van der Waals surface area contributed by atoms with Gasteiger partial charge in [0, 0.05) is 13.7 Å². The number of carboxylic acids is 1. The van der Waals surface area contributed by atoms with E-state index in [0.29, 0.717) is 6.54 Å². The van der Waals surface area contributed by atoms with Crippen molar-refractivity contribution in [3.8, 4) is 0 Å². The Morgan fingerprint density at radius 3 is 2.67 bits per heavy atom. The standard InChI is InChI=1S/C12H16N4O5/c1-3-15-7(6-8(17)18)13-10-9(15)11(19)14-12(20)16(10)4-5-21-2/h3-6H2,1-2H3,(H,17,18)(H,14,19,20). The first kappa shape index (κ1) is 15.0. The van der Waals surface area contributed by atoms with Crippen molar-refractivity contribution in [2.75, 3.05) is 13.7 Å². The van der Waals surface area contributed by atoms with Crippen LogP contribution in [0.25, 0.3) is 11.2 Å². The number of nitrogens with zero attached hydrogens (tertiary/aromatic N) is 3. The Hall–Kier alpha value is -2.42. The van der Waals surface area contributed by atoms with Crippen LogP contribution in [0.5, 0.6) is 0 Å². The van der Waals surface area contributed by atoms with Gasteiger partial charge in [-0.05, 0) is 6.92 Å². The monoisotopic (exact) mass is 296 g/mol. The average molecular weight is 296 g/mol. The van der Waals surface area contributed by atoms with Gasteiger partial charge in [0.15, 0.2) is 11.2 Å². The Labute approximate surface area is 118 Å². The van der Waals surface area contributed by atoms with Crippen LogP contribution in [0.4, 0.5) is 0 Å². The van der Waals surface area contributed by atoms with Gasteiger partial charge in [-0.25, -0.2) is 9.78 Å². The molecular weight excluding hydrogens is 280 g/mol. The van der Waals surface area contributed by atoms with Gasteiger partial charge in [-0.1, -0.05) is 0 Å². The minimum Gasteiger partial charge on any atom is -0.481 e. The first-order chi connectivity index (χ1) is 9.99. The van der Waals surface area contributed by atoms with Crippen molar-refractivity contribution in [3.05, 3.63) is 26.7 Å². The third-order valence-electron chi connectivity index (χ3n) is 3.11. The number of aliphatic carboxylic acids is 1. The van der Waals surface area contributed by atoms with Gasteiger partial charge in [0.05, 0.1) is 13.2 Å². The van der Waals surface area contributed by atoms with Gasteiger partial charge in [-0.15, -0.1) is 0 Å². The number of rotatable bonds is 6. The van der Waals surface area contributed by atoms with Gasteiger partial charge in [0.25, 0.3) is 5.56 Å². The van der Waals surface area contributed by atoms with Crippen molar-refractivity contribution in [2.45, 2.75) is 26.4 Å². The number of aromatic amines is 1. The summed E-state index contributed by atoms with van der Waals surface area (Å²) in [5.41, 5.74) is -0.787. The predicted octanol–water partition coefficient (Wildman–Crippen LogP) is -0.820. The summed E-state index contributed by atoms with van der Waals surface area (Å²) in [4.78, 5) is 41.2. The SMILES string of the molecule is CCn1c(CC(=O)O)nc2c1c(=O)[nH]c(=O)n2CCOC. The van der Waals surface area contributed by atoms with Crippen LogP contribution in [0.1, 0.15) is 12.7 Å².